The summed E-state index contributed by atoms with van der Waals surface area (Å²) in [7, 11) is -3.63. The Morgan fingerprint density at radius 2 is 1.75 bits per heavy atom. The Kier molecular flexibility index (Phi) is 7.17. The lowest BCUT2D eigenvalue weighted by Gasteiger charge is -2.13. The molecule has 1 aromatic carbocycles. The van der Waals surface area contributed by atoms with Crippen LogP contribution in [0.3, 0.4) is 0 Å². The minimum Gasteiger partial charge on any atom is -0.481 e. The SMILES string of the molecule is Cc1cc(C)c(S(=O)(=O)NC/C=C/[C@@H](CC(C)C)C(=O)O)c(C)c1. The standard InChI is InChI=1S/C18H27NO4S/c1-12(2)9-16(18(20)21)7-6-8-19-24(22,23)17-14(4)10-13(3)11-15(17)5/h6-7,10-12,16,19H,8-9H2,1-5H3,(H,20,21)/b7-6+/t16-/m0/s1. The minimum atomic E-state index is -3.63. The number of carboxylic acids is 1. The van der Waals surface area contributed by atoms with Crippen LogP contribution in [0.4, 0.5) is 0 Å². The molecular weight excluding hydrogens is 326 g/mol. The quantitative estimate of drug-likeness (QED) is 0.703. The minimum absolute atomic E-state index is 0.0664. The number of carboxylic acid groups (broad SMARTS) is 1. The normalized spacial score (nSPS) is 13.6. The van der Waals surface area contributed by atoms with Gasteiger partial charge < -0.3 is 5.11 Å². The van der Waals surface area contributed by atoms with E-state index in [1.54, 1.807) is 26.0 Å². The highest BCUT2D eigenvalue weighted by Crippen LogP contribution is 2.21. The first-order valence-corrected chi connectivity index (χ1v) is 9.50. The number of hydrogen-bond donors (Lipinski definition) is 2. The number of rotatable bonds is 8. The maximum atomic E-state index is 12.5. The van der Waals surface area contributed by atoms with Gasteiger partial charge in [0.05, 0.1) is 10.8 Å². The summed E-state index contributed by atoms with van der Waals surface area (Å²) in [5.74, 6) is -1.24. The van der Waals surface area contributed by atoms with Crippen molar-refractivity contribution in [2.24, 2.45) is 11.8 Å². The largest absolute Gasteiger partial charge is 0.481 e. The number of aryl methyl sites for hydroxylation is 3. The van der Waals surface area contributed by atoms with Gasteiger partial charge in [0.2, 0.25) is 10.0 Å². The molecule has 0 amide bonds. The highest BCUT2D eigenvalue weighted by Gasteiger charge is 2.19. The van der Waals surface area contributed by atoms with Gasteiger partial charge in [0.25, 0.3) is 0 Å². The second-order valence-corrected chi connectivity index (χ2v) is 8.29. The molecular formula is C18H27NO4S. The van der Waals surface area contributed by atoms with Crippen molar-refractivity contribution in [3.05, 3.63) is 41.0 Å². The van der Waals surface area contributed by atoms with Crippen LogP contribution in [0.15, 0.2) is 29.2 Å². The molecule has 0 aliphatic heterocycles. The molecule has 0 radical (unpaired) electrons. The third kappa shape index (κ3) is 5.76. The number of sulfonamides is 1. The van der Waals surface area contributed by atoms with Crippen molar-refractivity contribution in [1.82, 2.24) is 4.72 Å². The maximum absolute atomic E-state index is 12.5. The third-order valence-electron chi connectivity index (χ3n) is 3.68. The van der Waals surface area contributed by atoms with Crippen LogP contribution in [0.1, 0.15) is 37.0 Å². The van der Waals surface area contributed by atoms with Crippen LogP contribution in [0, 0.1) is 32.6 Å². The molecule has 0 bridgehead atoms. The van der Waals surface area contributed by atoms with Crippen LogP contribution in [-0.4, -0.2) is 26.0 Å². The zero-order chi connectivity index (χ0) is 18.5. The lowest BCUT2D eigenvalue weighted by molar-refractivity contribution is -0.140. The zero-order valence-electron chi connectivity index (χ0n) is 15.0. The molecule has 0 spiro atoms. The van der Waals surface area contributed by atoms with E-state index in [0.29, 0.717) is 22.4 Å². The Morgan fingerprint density at radius 3 is 2.21 bits per heavy atom. The fourth-order valence-electron chi connectivity index (χ4n) is 2.82. The van der Waals surface area contributed by atoms with Gasteiger partial charge in [-0.25, -0.2) is 13.1 Å². The lowest BCUT2D eigenvalue weighted by atomic mass is 9.97. The number of carbonyl (C=O) groups is 1. The Bertz CT molecular complexity index is 698. The predicted octanol–water partition coefficient (Wildman–Crippen LogP) is 3.19. The second kappa shape index (κ2) is 8.44. The van der Waals surface area contributed by atoms with E-state index >= 15 is 0 Å². The van der Waals surface area contributed by atoms with Crippen LogP contribution < -0.4 is 4.72 Å². The molecule has 0 unspecified atom stereocenters. The van der Waals surface area contributed by atoms with Gasteiger partial charge in [0, 0.05) is 6.54 Å². The van der Waals surface area contributed by atoms with Crippen LogP contribution >= 0.6 is 0 Å². The highest BCUT2D eigenvalue weighted by atomic mass is 32.2. The Hall–Kier alpha value is -1.66. The van der Waals surface area contributed by atoms with Gasteiger partial charge in [0.1, 0.15) is 0 Å². The molecule has 0 saturated heterocycles. The van der Waals surface area contributed by atoms with Crippen molar-refractivity contribution in [3.8, 4) is 0 Å². The summed E-state index contributed by atoms with van der Waals surface area (Å²) in [5.41, 5.74) is 2.42. The topological polar surface area (TPSA) is 83.5 Å². The van der Waals surface area contributed by atoms with E-state index in [1.165, 1.54) is 0 Å². The number of benzene rings is 1. The fourth-order valence-corrected chi connectivity index (χ4v) is 4.25. The molecule has 5 nitrogen and oxygen atoms in total. The number of aliphatic carboxylic acids is 1. The van der Waals surface area contributed by atoms with E-state index < -0.39 is 21.9 Å². The monoisotopic (exact) mass is 353 g/mol. The van der Waals surface area contributed by atoms with Gasteiger partial charge >= 0.3 is 5.97 Å². The van der Waals surface area contributed by atoms with Gasteiger partial charge in [-0.3, -0.25) is 4.79 Å². The molecule has 6 heteroatoms. The average molecular weight is 353 g/mol. The molecule has 0 aliphatic rings. The summed E-state index contributed by atoms with van der Waals surface area (Å²) in [6.07, 6.45) is 3.64. The molecule has 0 fully saturated rings. The summed E-state index contributed by atoms with van der Waals surface area (Å²) in [4.78, 5) is 11.5. The Balaban J connectivity index is 2.83. The zero-order valence-corrected chi connectivity index (χ0v) is 15.8. The molecule has 24 heavy (non-hydrogen) atoms. The molecule has 0 heterocycles. The van der Waals surface area contributed by atoms with E-state index in [1.807, 2.05) is 32.9 Å². The van der Waals surface area contributed by atoms with Crippen LogP contribution in [0.25, 0.3) is 0 Å². The van der Waals surface area contributed by atoms with E-state index in [2.05, 4.69) is 4.72 Å². The summed E-state index contributed by atoms with van der Waals surface area (Å²) in [6.45, 7) is 9.44. The van der Waals surface area contributed by atoms with Crippen molar-refractivity contribution in [3.63, 3.8) is 0 Å². The van der Waals surface area contributed by atoms with Gasteiger partial charge in [-0.15, -0.1) is 0 Å². The van der Waals surface area contributed by atoms with Crippen molar-refractivity contribution in [1.29, 1.82) is 0 Å². The van der Waals surface area contributed by atoms with Crippen molar-refractivity contribution in [2.75, 3.05) is 6.54 Å². The Labute approximate surface area is 144 Å². The van der Waals surface area contributed by atoms with Crippen LogP contribution in [0.2, 0.25) is 0 Å². The smallest absolute Gasteiger partial charge is 0.310 e. The van der Waals surface area contributed by atoms with E-state index in [0.717, 1.165) is 5.56 Å². The third-order valence-corrected chi connectivity index (χ3v) is 5.40. The second-order valence-electron chi connectivity index (χ2n) is 6.58. The van der Waals surface area contributed by atoms with Crippen molar-refractivity contribution in [2.45, 2.75) is 45.9 Å². The summed E-state index contributed by atoms with van der Waals surface area (Å²) in [5, 5.41) is 9.17. The lowest BCUT2D eigenvalue weighted by Crippen LogP contribution is -2.25. The molecule has 1 aromatic rings. The number of hydrogen-bond acceptors (Lipinski definition) is 3. The average Bonchev–Trinajstić information content (AvgIpc) is 2.39. The van der Waals surface area contributed by atoms with Gasteiger partial charge in [-0.1, -0.05) is 43.7 Å². The van der Waals surface area contributed by atoms with Gasteiger partial charge in [0.15, 0.2) is 0 Å². The fraction of sp³-hybridized carbons (Fsp3) is 0.500. The molecule has 1 rings (SSSR count). The van der Waals surface area contributed by atoms with Gasteiger partial charge in [-0.05, 0) is 44.2 Å². The summed E-state index contributed by atoms with van der Waals surface area (Å²) < 4.78 is 27.5. The number of nitrogens with one attached hydrogen (secondary N) is 1. The molecule has 134 valence electrons. The van der Waals surface area contributed by atoms with Gasteiger partial charge in [-0.2, -0.15) is 0 Å². The van der Waals surface area contributed by atoms with Crippen molar-refractivity contribution < 1.29 is 18.3 Å². The maximum Gasteiger partial charge on any atom is 0.310 e. The van der Waals surface area contributed by atoms with Crippen LogP contribution in [0.5, 0.6) is 0 Å². The first-order valence-electron chi connectivity index (χ1n) is 8.01. The summed E-state index contributed by atoms with van der Waals surface area (Å²) >= 11 is 0. The highest BCUT2D eigenvalue weighted by molar-refractivity contribution is 7.89. The molecule has 0 aliphatic carbocycles. The van der Waals surface area contributed by atoms with E-state index in [4.69, 9.17) is 5.11 Å². The summed E-state index contributed by atoms with van der Waals surface area (Å²) in [6, 6.07) is 3.67. The molecule has 0 aromatic heterocycles. The van der Waals surface area contributed by atoms with E-state index in [9.17, 15) is 13.2 Å². The molecule has 0 saturated carbocycles. The molecule has 2 N–H and O–H groups in total. The van der Waals surface area contributed by atoms with Crippen molar-refractivity contribution >= 4 is 16.0 Å². The molecule has 1 atom stereocenters. The van der Waals surface area contributed by atoms with E-state index in [-0.39, 0.29) is 12.5 Å². The van der Waals surface area contributed by atoms with Crippen LogP contribution in [-0.2, 0) is 14.8 Å². The Morgan fingerprint density at radius 1 is 1.21 bits per heavy atom. The first-order chi connectivity index (χ1) is 11.0. The predicted molar refractivity (Wildman–Crippen MR) is 95.6 cm³/mol. The first kappa shape index (κ1) is 20.4.